The van der Waals surface area contributed by atoms with Crippen molar-refractivity contribution in [2.24, 2.45) is 0 Å². The number of hydrogen-bond donors (Lipinski definition) is 0. The van der Waals surface area contributed by atoms with E-state index >= 15 is 0 Å². The van der Waals surface area contributed by atoms with Gasteiger partial charge >= 0.3 is 0 Å². The van der Waals surface area contributed by atoms with Crippen molar-refractivity contribution in [2.45, 2.75) is 0 Å². The molecule has 1 nitrogen and oxygen atoms in total. The van der Waals surface area contributed by atoms with Crippen LogP contribution in [0.1, 0.15) is 0 Å². The number of hydrogen-bond acceptors (Lipinski definition) is 1. The molecule has 0 aliphatic carbocycles. The molecule has 0 aliphatic heterocycles. The molecule has 13 heavy (non-hydrogen) atoms. The lowest BCUT2D eigenvalue weighted by molar-refractivity contribution is 0.639. The Kier molecular flexibility index (Phi) is 2.22. The molecule has 4 heteroatoms. The summed E-state index contributed by atoms with van der Waals surface area (Å²) in [6, 6.07) is 4.72. The van der Waals surface area contributed by atoms with Gasteiger partial charge in [0.2, 0.25) is 0 Å². The normalized spacial score (nSPS) is 10.7. The van der Waals surface area contributed by atoms with E-state index in [0.717, 1.165) is 9.86 Å². The number of benzene rings is 1. The second kappa shape index (κ2) is 3.24. The molecule has 0 bridgehead atoms. The number of nitrogens with zero attached hydrogens (tertiary/aromatic N) is 1. The lowest BCUT2D eigenvalue weighted by atomic mass is 10.2. The molecule has 1 aromatic heterocycles. The fourth-order valence-corrected chi connectivity index (χ4v) is 1.89. The van der Waals surface area contributed by atoms with Gasteiger partial charge in [0, 0.05) is 16.1 Å². The molecule has 0 spiro atoms. The van der Waals surface area contributed by atoms with Gasteiger partial charge in [0.05, 0.1) is 5.39 Å². The first-order valence-electron chi connectivity index (χ1n) is 3.58. The van der Waals surface area contributed by atoms with Crippen LogP contribution in [0.15, 0.2) is 28.9 Å². The zero-order chi connectivity index (χ0) is 9.42. The first kappa shape index (κ1) is 8.91. The molecule has 0 aliphatic rings. The molecule has 0 unspecified atom stereocenters. The van der Waals surface area contributed by atoms with E-state index in [1.807, 2.05) is 0 Å². The SMILES string of the molecule is Fc1ccc(Br)c2ccnc(Cl)c12. The minimum atomic E-state index is -0.351. The van der Waals surface area contributed by atoms with Crippen LogP contribution in [-0.2, 0) is 0 Å². The summed E-state index contributed by atoms with van der Waals surface area (Å²) in [6.45, 7) is 0. The molecule has 0 saturated heterocycles. The third-order valence-corrected chi connectivity index (χ3v) is 2.75. The topological polar surface area (TPSA) is 12.9 Å². The zero-order valence-electron chi connectivity index (χ0n) is 6.39. The summed E-state index contributed by atoms with van der Waals surface area (Å²) in [6.07, 6.45) is 1.55. The van der Waals surface area contributed by atoms with Gasteiger partial charge in [0.1, 0.15) is 11.0 Å². The van der Waals surface area contributed by atoms with E-state index in [1.54, 1.807) is 18.3 Å². The maximum absolute atomic E-state index is 13.3. The predicted octanol–water partition coefficient (Wildman–Crippen LogP) is 3.79. The number of aromatic nitrogens is 1. The second-order valence-corrected chi connectivity index (χ2v) is 3.77. The van der Waals surface area contributed by atoms with E-state index in [-0.39, 0.29) is 11.0 Å². The van der Waals surface area contributed by atoms with Crippen molar-refractivity contribution >= 4 is 38.3 Å². The van der Waals surface area contributed by atoms with Crippen LogP contribution < -0.4 is 0 Å². The van der Waals surface area contributed by atoms with Crippen LogP contribution in [0.4, 0.5) is 4.39 Å². The van der Waals surface area contributed by atoms with Crippen molar-refractivity contribution in [1.29, 1.82) is 0 Å². The quantitative estimate of drug-likeness (QED) is 0.657. The van der Waals surface area contributed by atoms with Gasteiger partial charge in [-0.1, -0.05) is 27.5 Å². The number of fused-ring (bicyclic) bond motifs is 1. The Balaban J connectivity index is 3.00. The van der Waals surface area contributed by atoms with Crippen molar-refractivity contribution in [3.8, 4) is 0 Å². The van der Waals surface area contributed by atoms with Crippen molar-refractivity contribution in [2.75, 3.05) is 0 Å². The highest BCUT2D eigenvalue weighted by Gasteiger charge is 2.07. The average molecular weight is 260 g/mol. The van der Waals surface area contributed by atoms with Gasteiger partial charge < -0.3 is 0 Å². The molecule has 1 heterocycles. The molecule has 0 radical (unpaired) electrons. The largest absolute Gasteiger partial charge is 0.244 e. The summed E-state index contributed by atoms with van der Waals surface area (Å²) in [5.41, 5.74) is 0. The van der Waals surface area contributed by atoms with Crippen molar-refractivity contribution < 1.29 is 4.39 Å². The molecular weight excluding hydrogens is 256 g/mol. The Bertz CT molecular complexity index is 464. The summed E-state index contributed by atoms with van der Waals surface area (Å²) in [5, 5.41) is 1.29. The van der Waals surface area contributed by atoms with E-state index in [4.69, 9.17) is 11.6 Å². The smallest absolute Gasteiger partial charge is 0.139 e. The van der Waals surface area contributed by atoms with Crippen molar-refractivity contribution in [3.05, 3.63) is 39.8 Å². The number of pyridine rings is 1. The maximum Gasteiger partial charge on any atom is 0.139 e. The zero-order valence-corrected chi connectivity index (χ0v) is 8.73. The van der Waals surface area contributed by atoms with E-state index in [0.29, 0.717) is 5.39 Å². The first-order valence-corrected chi connectivity index (χ1v) is 4.75. The fourth-order valence-electron chi connectivity index (χ4n) is 1.18. The van der Waals surface area contributed by atoms with Crippen LogP contribution in [0.5, 0.6) is 0 Å². The van der Waals surface area contributed by atoms with Crippen LogP contribution in [0.2, 0.25) is 5.15 Å². The van der Waals surface area contributed by atoms with E-state index in [9.17, 15) is 4.39 Å². The summed E-state index contributed by atoms with van der Waals surface area (Å²) in [7, 11) is 0. The molecule has 0 saturated carbocycles. The van der Waals surface area contributed by atoms with Crippen LogP contribution in [0, 0.1) is 5.82 Å². The first-order chi connectivity index (χ1) is 6.20. The predicted molar refractivity (Wildman–Crippen MR) is 54.4 cm³/mol. The highest BCUT2D eigenvalue weighted by Crippen LogP contribution is 2.29. The standard InChI is InChI=1S/C9H4BrClFN/c10-6-1-2-7(12)8-5(6)3-4-13-9(8)11/h1-4H. The maximum atomic E-state index is 13.3. The number of halogens is 3. The molecule has 0 amide bonds. The minimum absolute atomic E-state index is 0.191. The summed E-state index contributed by atoms with van der Waals surface area (Å²) < 4.78 is 14.1. The van der Waals surface area contributed by atoms with Crippen molar-refractivity contribution in [3.63, 3.8) is 0 Å². The van der Waals surface area contributed by atoms with E-state index < -0.39 is 0 Å². The number of rotatable bonds is 0. The third kappa shape index (κ3) is 1.42. The van der Waals surface area contributed by atoms with Gasteiger partial charge in [-0.25, -0.2) is 9.37 Å². The van der Waals surface area contributed by atoms with Crippen LogP contribution >= 0.6 is 27.5 Å². The molecule has 1 aromatic carbocycles. The van der Waals surface area contributed by atoms with E-state index in [1.165, 1.54) is 6.07 Å². The van der Waals surface area contributed by atoms with E-state index in [2.05, 4.69) is 20.9 Å². The highest BCUT2D eigenvalue weighted by molar-refractivity contribution is 9.10. The minimum Gasteiger partial charge on any atom is -0.244 e. The van der Waals surface area contributed by atoms with Crippen LogP contribution in [0.25, 0.3) is 10.8 Å². The van der Waals surface area contributed by atoms with Gasteiger partial charge in [0.25, 0.3) is 0 Å². The van der Waals surface area contributed by atoms with Crippen LogP contribution in [0.3, 0.4) is 0 Å². The average Bonchev–Trinajstić information content (AvgIpc) is 2.12. The fraction of sp³-hybridized carbons (Fsp3) is 0. The molecule has 2 aromatic rings. The summed E-state index contributed by atoms with van der Waals surface area (Å²) in [5.74, 6) is -0.351. The third-order valence-electron chi connectivity index (χ3n) is 1.78. The van der Waals surface area contributed by atoms with Gasteiger partial charge in [-0.3, -0.25) is 0 Å². The lowest BCUT2D eigenvalue weighted by Crippen LogP contribution is -1.84. The Labute approximate surface area is 87.7 Å². The Morgan fingerprint density at radius 2 is 2.08 bits per heavy atom. The molecule has 0 atom stereocenters. The molecule has 0 N–H and O–H groups in total. The monoisotopic (exact) mass is 259 g/mol. The van der Waals surface area contributed by atoms with Gasteiger partial charge in [0.15, 0.2) is 0 Å². The molecular formula is C9H4BrClFN. The molecule has 0 fully saturated rings. The van der Waals surface area contributed by atoms with Gasteiger partial charge in [-0.15, -0.1) is 0 Å². The highest BCUT2D eigenvalue weighted by atomic mass is 79.9. The Hall–Kier alpha value is -0.670. The van der Waals surface area contributed by atoms with Crippen LogP contribution in [-0.4, -0.2) is 4.98 Å². The van der Waals surface area contributed by atoms with Gasteiger partial charge in [-0.2, -0.15) is 0 Å². The second-order valence-electron chi connectivity index (χ2n) is 2.55. The summed E-state index contributed by atoms with van der Waals surface area (Å²) >= 11 is 9.07. The molecule has 66 valence electrons. The summed E-state index contributed by atoms with van der Waals surface area (Å²) in [4.78, 5) is 3.81. The Morgan fingerprint density at radius 3 is 2.77 bits per heavy atom. The Morgan fingerprint density at radius 1 is 1.31 bits per heavy atom. The lowest BCUT2D eigenvalue weighted by Gasteiger charge is -2.02. The van der Waals surface area contributed by atoms with Crippen molar-refractivity contribution in [1.82, 2.24) is 4.98 Å². The molecule has 2 rings (SSSR count). The van der Waals surface area contributed by atoms with Gasteiger partial charge in [-0.05, 0) is 18.2 Å².